The van der Waals surface area contributed by atoms with E-state index >= 15 is 0 Å². The zero-order valence-electron chi connectivity index (χ0n) is 13.9. The van der Waals surface area contributed by atoms with Crippen LogP contribution in [0, 0.1) is 17.8 Å². The van der Waals surface area contributed by atoms with Crippen molar-refractivity contribution >= 4 is 11.8 Å². The van der Waals surface area contributed by atoms with Crippen molar-refractivity contribution in [2.45, 2.75) is 51.0 Å². The van der Waals surface area contributed by atoms with E-state index in [1.165, 1.54) is 19.3 Å². The normalized spacial score (nSPS) is 37.2. The predicted molar refractivity (Wildman–Crippen MR) is 85.7 cm³/mol. The molecule has 2 saturated heterocycles. The van der Waals surface area contributed by atoms with E-state index in [9.17, 15) is 9.59 Å². The third-order valence-electron chi connectivity index (χ3n) is 6.45. The minimum atomic E-state index is -0.214. The Morgan fingerprint density at radius 2 is 1.70 bits per heavy atom. The zero-order chi connectivity index (χ0) is 15.8. The Morgan fingerprint density at radius 1 is 0.870 bits per heavy atom. The monoisotopic (exact) mass is 320 g/mol. The van der Waals surface area contributed by atoms with Crippen LogP contribution in [0.2, 0.25) is 0 Å². The largest absolute Gasteiger partial charge is 0.378 e. The van der Waals surface area contributed by atoms with Gasteiger partial charge < -0.3 is 14.5 Å². The van der Waals surface area contributed by atoms with Crippen LogP contribution in [0.25, 0.3) is 0 Å². The van der Waals surface area contributed by atoms with Crippen molar-refractivity contribution in [2.24, 2.45) is 17.8 Å². The molecule has 128 valence electrons. The van der Waals surface area contributed by atoms with Crippen LogP contribution in [0.1, 0.15) is 44.9 Å². The van der Waals surface area contributed by atoms with Crippen LogP contribution in [0.15, 0.2) is 0 Å². The summed E-state index contributed by atoms with van der Waals surface area (Å²) in [6.45, 7) is 3.36. The Balaban J connectivity index is 1.46. The van der Waals surface area contributed by atoms with Gasteiger partial charge >= 0.3 is 0 Å². The van der Waals surface area contributed by atoms with Gasteiger partial charge in [-0.05, 0) is 50.4 Å². The van der Waals surface area contributed by atoms with Crippen molar-refractivity contribution in [2.75, 3.05) is 32.8 Å². The van der Waals surface area contributed by atoms with Crippen molar-refractivity contribution in [3.05, 3.63) is 0 Å². The molecule has 2 aliphatic heterocycles. The van der Waals surface area contributed by atoms with Crippen molar-refractivity contribution < 1.29 is 14.3 Å². The van der Waals surface area contributed by atoms with E-state index in [1.54, 1.807) is 0 Å². The maximum atomic E-state index is 13.1. The van der Waals surface area contributed by atoms with Gasteiger partial charge in [-0.1, -0.05) is 6.42 Å². The highest BCUT2D eigenvalue weighted by molar-refractivity contribution is 5.89. The highest BCUT2D eigenvalue weighted by Gasteiger charge is 2.46. The van der Waals surface area contributed by atoms with Crippen LogP contribution >= 0.6 is 0 Å². The molecule has 23 heavy (non-hydrogen) atoms. The molecule has 0 radical (unpaired) electrons. The summed E-state index contributed by atoms with van der Waals surface area (Å²) in [7, 11) is 0. The maximum absolute atomic E-state index is 13.1. The molecule has 4 fully saturated rings. The Bertz CT molecular complexity index is 475. The molecule has 2 aliphatic carbocycles. The van der Waals surface area contributed by atoms with Crippen molar-refractivity contribution in [1.82, 2.24) is 9.80 Å². The minimum Gasteiger partial charge on any atom is -0.378 e. The molecule has 5 nitrogen and oxygen atoms in total. The number of hydrogen-bond acceptors (Lipinski definition) is 3. The molecule has 4 rings (SSSR count). The maximum Gasteiger partial charge on any atom is 0.245 e. The highest BCUT2D eigenvalue weighted by atomic mass is 16.5. The van der Waals surface area contributed by atoms with E-state index in [0.29, 0.717) is 32.2 Å². The molecule has 0 N–H and O–H groups in total. The number of rotatable bonds is 2. The smallest absolute Gasteiger partial charge is 0.245 e. The van der Waals surface area contributed by atoms with Gasteiger partial charge in [0.2, 0.25) is 11.8 Å². The van der Waals surface area contributed by atoms with Gasteiger partial charge in [-0.2, -0.15) is 0 Å². The van der Waals surface area contributed by atoms with Gasteiger partial charge in [-0.3, -0.25) is 9.59 Å². The predicted octanol–water partition coefficient (Wildman–Crippen LogP) is 1.66. The molecule has 2 saturated carbocycles. The third-order valence-corrected chi connectivity index (χ3v) is 6.45. The second-order valence-corrected chi connectivity index (χ2v) is 7.76. The first-order chi connectivity index (χ1) is 11.2. The number of amides is 2. The van der Waals surface area contributed by atoms with Crippen LogP contribution in [-0.4, -0.2) is 60.5 Å². The first kappa shape index (κ1) is 15.4. The molecule has 4 aliphatic rings. The number of likely N-dealkylation sites (tertiary alicyclic amines) is 1. The van der Waals surface area contributed by atoms with Crippen LogP contribution in [-0.2, 0) is 14.3 Å². The van der Waals surface area contributed by atoms with Gasteiger partial charge in [0.05, 0.1) is 13.2 Å². The lowest BCUT2D eigenvalue weighted by Crippen LogP contribution is -2.56. The van der Waals surface area contributed by atoms with E-state index in [0.717, 1.165) is 38.1 Å². The Labute approximate surface area is 138 Å². The van der Waals surface area contributed by atoms with E-state index in [1.807, 2.05) is 9.80 Å². The van der Waals surface area contributed by atoms with E-state index in [-0.39, 0.29) is 23.8 Å². The number of ether oxygens (including phenoxy) is 1. The first-order valence-corrected chi connectivity index (χ1v) is 9.41. The number of fused-ring (bicyclic) bond motifs is 2. The lowest BCUT2D eigenvalue weighted by Gasteiger charge is -2.40. The minimum absolute atomic E-state index is 0.157. The second-order valence-electron chi connectivity index (χ2n) is 7.76. The number of carbonyl (C=O) groups excluding carboxylic acids is 2. The Hall–Kier alpha value is -1.10. The van der Waals surface area contributed by atoms with Gasteiger partial charge in [0.1, 0.15) is 6.04 Å². The van der Waals surface area contributed by atoms with E-state index < -0.39 is 0 Å². The van der Waals surface area contributed by atoms with E-state index in [4.69, 9.17) is 4.74 Å². The zero-order valence-corrected chi connectivity index (χ0v) is 13.9. The Morgan fingerprint density at radius 3 is 2.39 bits per heavy atom. The molecule has 2 amide bonds. The van der Waals surface area contributed by atoms with Crippen LogP contribution in [0.3, 0.4) is 0 Å². The summed E-state index contributed by atoms with van der Waals surface area (Å²) >= 11 is 0. The average Bonchev–Trinajstić information content (AvgIpc) is 3.24. The molecule has 0 spiro atoms. The van der Waals surface area contributed by atoms with Gasteiger partial charge in [0.25, 0.3) is 0 Å². The first-order valence-electron chi connectivity index (χ1n) is 9.41. The summed E-state index contributed by atoms with van der Waals surface area (Å²) in [5, 5.41) is 0. The number of carbonyl (C=O) groups is 2. The molecule has 0 aromatic heterocycles. The highest BCUT2D eigenvalue weighted by Crippen LogP contribution is 2.49. The van der Waals surface area contributed by atoms with Gasteiger partial charge in [-0.25, -0.2) is 0 Å². The van der Waals surface area contributed by atoms with Crippen LogP contribution in [0.4, 0.5) is 0 Å². The fourth-order valence-corrected chi connectivity index (χ4v) is 5.21. The van der Waals surface area contributed by atoms with Gasteiger partial charge in [-0.15, -0.1) is 0 Å². The van der Waals surface area contributed by atoms with Gasteiger partial charge in [0.15, 0.2) is 0 Å². The molecule has 0 aromatic carbocycles. The number of hydrogen-bond donors (Lipinski definition) is 0. The van der Waals surface area contributed by atoms with Crippen molar-refractivity contribution in [3.8, 4) is 0 Å². The molecular formula is C18H28N2O3. The molecular weight excluding hydrogens is 292 g/mol. The summed E-state index contributed by atoms with van der Waals surface area (Å²) in [6, 6.07) is -0.214. The summed E-state index contributed by atoms with van der Waals surface area (Å²) < 4.78 is 5.35. The van der Waals surface area contributed by atoms with Crippen LogP contribution < -0.4 is 0 Å². The summed E-state index contributed by atoms with van der Waals surface area (Å²) in [5.74, 6) is 2.00. The lowest BCUT2D eigenvalue weighted by molar-refractivity contribution is -0.153. The quantitative estimate of drug-likeness (QED) is 0.777. The van der Waals surface area contributed by atoms with Crippen LogP contribution in [0.5, 0.6) is 0 Å². The SMILES string of the molecule is O=C([C@H]1CCCCN1C(=O)[C@@H]1C[C@H]2CC[C@H]1C2)N1CCOCC1. The topological polar surface area (TPSA) is 49.9 Å². The fraction of sp³-hybridized carbons (Fsp3) is 0.889. The van der Waals surface area contributed by atoms with Gasteiger partial charge in [0, 0.05) is 25.6 Å². The van der Waals surface area contributed by atoms with E-state index in [2.05, 4.69) is 0 Å². The van der Waals surface area contributed by atoms with Crippen molar-refractivity contribution in [3.63, 3.8) is 0 Å². The standard InChI is InChI=1S/C18H28N2O3/c21-17(15-12-13-4-5-14(15)11-13)20-6-2-1-3-16(20)18(22)19-7-9-23-10-8-19/h13-16H,1-12H2/t13-,14-,15+,16+/m0/s1. The fourth-order valence-electron chi connectivity index (χ4n) is 5.21. The number of nitrogens with zero attached hydrogens (tertiary/aromatic N) is 2. The molecule has 2 heterocycles. The molecule has 0 aromatic rings. The Kier molecular flexibility index (Phi) is 4.31. The lowest BCUT2D eigenvalue weighted by atomic mass is 9.86. The molecule has 2 bridgehead atoms. The third kappa shape index (κ3) is 2.88. The molecule has 5 heteroatoms. The second kappa shape index (κ2) is 6.42. The summed E-state index contributed by atoms with van der Waals surface area (Å²) in [4.78, 5) is 29.9. The molecule has 4 atom stereocenters. The van der Waals surface area contributed by atoms with Crippen molar-refractivity contribution in [1.29, 1.82) is 0 Å². The molecule has 0 unspecified atom stereocenters. The number of piperidine rings is 1. The summed E-state index contributed by atoms with van der Waals surface area (Å²) in [5.41, 5.74) is 0. The average molecular weight is 320 g/mol. The number of morpholine rings is 1. The summed E-state index contributed by atoms with van der Waals surface area (Å²) in [6.07, 6.45) is 7.77.